The molecule has 2 heterocycles. The number of hydrogen-bond donors (Lipinski definition) is 0. The van der Waals surface area contributed by atoms with Crippen LogP contribution in [0.2, 0.25) is 0 Å². The van der Waals surface area contributed by atoms with Gasteiger partial charge in [0.15, 0.2) is 23.8 Å². The lowest BCUT2D eigenvalue weighted by molar-refractivity contribution is 0.261. The van der Waals surface area contributed by atoms with Gasteiger partial charge in [-0.2, -0.15) is 0 Å². The van der Waals surface area contributed by atoms with Gasteiger partial charge in [-0.25, -0.2) is 16.8 Å². The van der Waals surface area contributed by atoms with E-state index in [4.69, 9.17) is 0 Å². The fourth-order valence-corrected chi connectivity index (χ4v) is 8.22. The van der Waals surface area contributed by atoms with Crippen molar-refractivity contribution in [2.24, 2.45) is 0 Å². The molecule has 2 saturated heterocycles. The lowest BCUT2D eigenvalue weighted by atomic mass is 10.1. The third-order valence-corrected chi connectivity index (χ3v) is 9.97. The first-order chi connectivity index (χ1) is 7.31. The molecule has 94 valence electrons. The zero-order chi connectivity index (χ0) is 12.0. The van der Waals surface area contributed by atoms with E-state index in [0.29, 0.717) is 13.1 Å². The maximum absolute atomic E-state index is 12.1. The standard InChI is InChI=1S/C9H17NO4S2/c1-10-5-3-9(4-6-10)15(11,12)7-2-8-16(9,13)14/h2-8H2,1H3. The van der Waals surface area contributed by atoms with E-state index in [1.807, 2.05) is 11.9 Å². The van der Waals surface area contributed by atoms with Crippen molar-refractivity contribution in [1.29, 1.82) is 0 Å². The minimum Gasteiger partial charge on any atom is -0.306 e. The quantitative estimate of drug-likeness (QED) is 0.599. The van der Waals surface area contributed by atoms with Gasteiger partial charge in [0.1, 0.15) is 0 Å². The molecule has 0 unspecified atom stereocenters. The summed E-state index contributed by atoms with van der Waals surface area (Å²) in [5.41, 5.74) is 0. The Bertz CT molecular complexity index is 436. The summed E-state index contributed by atoms with van der Waals surface area (Å²) in [6, 6.07) is 0. The largest absolute Gasteiger partial charge is 0.306 e. The highest BCUT2D eigenvalue weighted by molar-refractivity contribution is 8.10. The molecule has 0 amide bonds. The number of piperidine rings is 1. The highest BCUT2D eigenvalue weighted by atomic mass is 32.3. The number of hydrogen-bond acceptors (Lipinski definition) is 5. The van der Waals surface area contributed by atoms with Gasteiger partial charge in [-0.3, -0.25) is 0 Å². The highest BCUT2D eigenvalue weighted by Crippen LogP contribution is 2.40. The summed E-state index contributed by atoms with van der Waals surface area (Å²) >= 11 is 0. The second-order valence-electron chi connectivity index (χ2n) is 4.71. The van der Waals surface area contributed by atoms with Crippen LogP contribution in [0.15, 0.2) is 0 Å². The van der Waals surface area contributed by atoms with E-state index in [1.54, 1.807) is 0 Å². The molecule has 2 rings (SSSR count). The van der Waals surface area contributed by atoms with Crippen molar-refractivity contribution in [2.75, 3.05) is 31.6 Å². The van der Waals surface area contributed by atoms with Crippen molar-refractivity contribution in [3.8, 4) is 0 Å². The highest BCUT2D eigenvalue weighted by Gasteiger charge is 2.57. The molecule has 16 heavy (non-hydrogen) atoms. The van der Waals surface area contributed by atoms with Crippen molar-refractivity contribution in [1.82, 2.24) is 4.90 Å². The van der Waals surface area contributed by atoms with Crippen LogP contribution >= 0.6 is 0 Å². The maximum atomic E-state index is 12.1. The lowest BCUT2D eigenvalue weighted by Crippen LogP contribution is -2.57. The summed E-state index contributed by atoms with van der Waals surface area (Å²) in [5, 5.41) is 0. The van der Waals surface area contributed by atoms with Crippen LogP contribution in [0.25, 0.3) is 0 Å². The molecule has 0 bridgehead atoms. The molecule has 0 aromatic carbocycles. The second-order valence-corrected chi connectivity index (χ2v) is 9.80. The van der Waals surface area contributed by atoms with Crippen LogP contribution in [0.5, 0.6) is 0 Å². The lowest BCUT2D eigenvalue weighted by Gasteiger charge is -2.41. The number of sulfone groups is 2. The minimum atomic E-state index is -3.49. The molecule has 0 aromatic rings. The molecule has 0 N–H and O–H groups in total. The van der Waals surface area contributed by atoms with Crippen LogP contribution in [-0.4, -0.2) is 57.5 Å². The van der Waals surface area contributed by atoms with Crippen molar-refractivity contribution >= 4 is 19.7 Å². The van der Waals surface area contributed by atoms with Gasteiger partial charge in [0, 0.05) is 13.1 Å². The third kappa shape index (κ3) is 1.60. The summed E-state index contributed by atoms with van der Waals surface area (Å²) in [7, 11) is -5.10. The average Bonchev–Trinajstić information content (AvgIpc) is 2.16. The van der Waals surface area contributed by atoms with Crippen molar-refractivity contribution in [3.05, 3.63) is 0 Å². The summed E-state index contributed by atoms with van der Waals surface area (Å²) in [6.07, 6.45) is 0.713. The van der Waals surface area contributed by atoms with E-state index >= 15 is 0 Å². The molecule has 0 aromatic heterocycles. The zero-order valence-corrected chi connectivity index (χ0v) is 11.0. The second kappa shape index (κ2) is 3.68. The van der Waals surface area contributed by atoms with Gasteiger partial charge in [0.05, 0.1) is 11.5 Å². The van der Waals surface area contributed by atoms with Crippen LogP contribution in [-0.2, 0) is 19.7 Å². The summed E-state index contributed by atoms with van der Waals surface area (Å²) in [5.74, 6) is 0.0475. The monoisotopic (exact) mass is 267 g/mol. The normalized spacial score (nSPS) is 32.6. The molecular formula is C9H17NO4S2. The van der Waals surface area contributed by atoms with Crippen molar-refractivity contribution in [2.45, 2.75) is 23.3 Å². The molecular weight excluding hydrogens is 250 g/mol. The molecule has 2 fully saturated rings. The topological polar surface area (TPSA) is 71.5 Å². The average molecular weight is 267 g/mol. The van der Waals surface area contributed by atoms with Crippen LogP contribution < -0.4 is 0 Å². The van der Waals surface area contributed by atoms with Crippen molar-refractivity contribution in [3.63, 3.8) is 0 Å². The number of nitrogens with zero attached hydrogens (tertiary/aromatic N) is 1. The Morgan fingerprint density at radius 3 is 1.81 bits per heavy atom. The van der Waals surface area contributed by atoms with Gasteiger partial charge in [-0.15, -0.1) is 0 Å². The molecule has 5 nitrogen and oxygen atoms in total. The van der Waals surface area contributed by atoms with Crippen LogP contribution in [0.3, 0.4) is 0 Å². The number of likely N-dealkylation sites (tertiary alicyclic amines) is 1. The van der Waals surface area contributed by atoms with E-state index in [-0.39, 0.29) is 30.8 Å². The third-order valence-electron chi connectivity index (χ3n) is 3.71. The van der Waals surface area contributed by atoms with Gasteiger partial charge >= 0.3 is 0 Å². The first kappa shape index (κ1) is 12.3. The van der Waals surface area contributed by atoms with Crippen LogP contribution in [0.4, 0.5) is 0 Å². The van der Waals surface area contributed by atoms with Crippen LogP contribution in [0, 0.1) is 0 Å². The predicted octanol–water partition coefficient (Wildman–Crippen LogP) is -0.358. The molecule has 7 heteroatoms. The number of rotatable bonds is 0. The fraction of sp³-hybridized carbons (Fsp3) is 1.00. The zero-order valence-electron chi connectivity index (χ0n) is 9.35. The summed E-state index contributed by atoms with van der Waals surface area (Å²) in [6.45, 7) is 1.08. The first-order valence-electron chi connectivity index (χ1n) is 5.44. The van der Waals surface area contributed by atoms with Gasteiger partial charge in [-0.1, -0.05) is 0 Å². The Balaban J connectivity index is 2.48. The summed E-state index contributed by atoms with van der Waals surface area (Å²) in [4.78, 5) is 1.98. The smallest absolute Gasteiger partial charge is 0.175 e. The first-order valence-corrected chi connectivity index (χ1v) is 8.74. The van der Waals surface area contributed by atoms with Gasteiger partial charge in [-0.05, 0) is 26.3 Å². The van der Waals surface area contributed by atoms with E-state index in [2.05, 4.69) is 0 Å². The molecule has 1 spiro atoms. The Kier molecular flexibility index (Phi) is 2.83. The van der Waals surface area contributed by atoms with E-state index in [0.717, 1.165) is 0 Å². The Morgan fingerprint density at radius 1 is 0.938 bits per heavy atom. The van der Waals surface area contributed by atoms with E-state index in [1.165, 1.54) is 0 Å². The van der Waals surface area contributed by atoms with Gasteiger partial charge in [0.25, 0.3) is 0 Å². The van der Waals surface area contributed by atoms with Crippen molar-refractivity contribution < 1.29 is 16.8 Å². The van der Waals surface area contributed by atoms with Crippen LogP contribution in [0.1, 0.15) is 19.3 Å². The molecule has 0 aliphatic carbocycles. The molecule has 2 aliphatic rings. The Hall–Kier alpha value is -0.140. The van der Waals surface area contributed by atoms with Gasteiger partial charge in [0.2, 0.25) is 0 Å². The maximum Gasteiger partial charge on any atom is 0.175 e. The Labute approximate surface area is 96.7 Å². The van der Waals surface area contributed by atoms with Gasteiger partial charge < -0.3 is 4.90 Å². The SMILES string of the molecule is CN1CCC2(CC1)S(=O)(=O)CCCS2(=O)=O. The minimum absolute atomic E-state index is 0.0238. The fourth-order valence-electron chi connectivity index (χ4n) is 2.59. The summed E-state index contributed by atoms with van der Waals surface area (Å²) < 4.78 is 46.9. The van der Waals surface area contributed by atoms with E-state index < -0.39 is 23.8 Å². The molecule has 0 radical (unpaired) electrons. The molecule has 2 aliphatic heterocycles. The Morgan fingerprint density at radius 2 is 1.38 bits per heavy atom. The predicted molar refractivity (Wildman–Crippen MR) is 61.7 cm³/mol. The van der Waals surface area contributed by atoms with E-state index in [9.17, 15) is 16.8 Å². The molecule has 0 saturated carbocycles. The molecule has 0 atom stereocenters.